The van der Waals surface area contributed by atoms with E-state index in [2.05, 4.69) is 46.3 Å². The van der Waals surface area contributed by atoms with Gasteiger partial charge in [0.1, 0.15) is 5.75 Å². The van der Waals surface area contributed by atoms with Crippen molar-refractivity contribution in [3.8, 4) is 5.75 Å². The first kappa shape index (κ1) is 13.0. The van der Waals surface area contributed by atoms with Crippen molar-refractivity contribution in [3.63, 3.8) is 0 Å². The summed E-state index contributed by atoms with van der Waals surface area (Å²) in [4.78, 5) is 0.297. The molecule has 0 radical (unpaired) electrons. The third-order valence-corrected chi connectivity index (χ3v) is 5.20. The average Bonchev–Trinajstić information content (AvgIpc) is 2.40. The molecule has 0 amide bonds. The number of hydrogen-bond acceptors (Lipinski definition) is 1. The van der Waals surface area contributed by atoms with Gasteiger partial charge in [-0.2, -0.15) is 0 Å². The van der Waals surface area contributed by atoms with Crippen molar-refractivity contribution >= 4 is 27.5 Å². The lowest BCUT2D eigenvalue weighted by molar-refractivity contribution is 0.415. The summed E-state index contributed by atoms with van der Waals surface area (Å²) in [7, 11) is 1.63. The zero-order valence-electron chi connectivity index (χ0n) is 10.6. The van der Waals surface area contributed by atoms with Crippen LogP contribution in [0.5, 0.6) is 5.75 Å². The lowest BCUT2D eigenvalue weighted by Crippen LogP contribution is -2.20. The normalized spacial score (nSPS) is 18.4. The molecule has 0 spiro atoms. The highest BCUT2D eigenvalue weighted by Gasteiger charge is 2.32. The molecule has 1 nitrogen and oxygen atoms in total. The molecular weight excluding hydrogens is 324 g/mol. The van der Waals surface area contributed by atoms with Crippen LogP contribution in [-0.2, 0) is 6.42 Å². The zero-order chi connectivity index (χ0) is 13.4. The van der Waals surface area contributed by atoms with Crippen molar-refractivity contribution in [2.75, 3.05) is 7.11 Å². The van der Waals surface area contributed by atoms with E-state index in [1.54, 1.807) is 7.11 Å². The molecule has 19 heavy (non-hydrogen) atoms. The molecule has 0 bridgehead atoms. The third-order valence-electron chi connectivity index (χ3n) is 3.74. The standard InChI is InChI=1S/C16H14BrClO/c1-19-15-7-6-11(9-14(15)18)16(17)13-8-10-4-2-3-5-12(10)13/h2-7,9,13,16H,8H2,1H3. The molecule has 0 aliphatic heterocycles. The summed E-state index contributed by atoms with van der Waals surface area (Å²) in [6.07, 6.45) is 1.12. The van der Waals surface area contributed by atoms with Gasteiger partial charge in [-0.1, -0.05) is 57.9 Å². The summed E-state index contributed by atoms with van der Waals surface area (Å²) in [5.41, 5.74) is 4.10. The highest BCUT2D eigenvalue weighted by atomic mass is 79.9. The summed E-state index contributed by atoms with van der Waals surface area (Å²) in [6, 6.07) is 14.6. The Hall–Kier alpha value is -0.990. The van der Waals surface area contributed by atoms with Gasteiger partial charge in [0.15, 0.2) is 0 Å². The van der Waals surface area contributed by atoms with Crippen molar-refractivity contribution in [2.24, 2.45) is 0 Å². The maximum atomic E-state index is 6.19. The first-order chi connectivity index (χ1) is 9.20. The molecule has 3 heteroatoms. The Labute approximate surface area is 126 Å². The molecule has 2 aromatic rings. The fraction of sp³-hybridized carbons (Fsp3) is 0.250. The van der Waals surface area contributed by atoms with Crippen LogP contribution in [0.3, 0.4) is 0 Å². The number of halogens is 2. The van der Waals surface area contributed by atoms with E-state index in [-0.39, 0.29) is 0 Å². The molecule has 0 saturated heterocycles. The van der Waals surface area contributed by atoms with E-state index in [1.807, 2.05) is 12.1 Å². The van der Waals surface area contributed by atoms with Crippen molar-refractivity contribution in [3.05, 3.63) is 64.2 Å². The van der Waals surface area contributed by atoms with Crippen LogP contribution in [0.15, 0.2) is 42.5 Å². The van der Waals surface area contributed by atoms with Crippen molar-refractivity contribution < 1.29 is 4.74 Å². The van der Waals surface area contributed by atoms with E-state index in [1.165, 1.54) is 16.7 Å². The van der Waals surface area contributed by atoms with Crippen LogP contribution < -0.4 is 4.74 Å². The molecule has 0 saturated carbocycles. The molecule has 3 rings (SSSR count). The Morgan fingerprint density at radius 3 is 2.74 bits per heavy atom. The topological polar surface area (TPSA) is 9.23 Å². The van der Waals surface area contributed by atoms with Gasteiger partial charge in [-0.25, -0.2) is 0 Å². The predicted molar refractivity (Wildman–Crippen MR) is 82.6 cm³/mol. The van der Waals surface area contributed by atoms with Gasteiger partial charge < -0.3 is 4.74 Å². The highest BCUT2D eigenvalue weighted by Crippen LogP contribution is 2.48. The summed E-state index contributed by atoms with van der Waals surface area (Å²) in [5, 5.41) is 0.664. The Morgan fingerprint density at radius 1 is 1.26 bits per heavy atom. The largest absolute Gasteiger partial charge is 0.495 e. The molecule has 1 aliphatic carbocycles. The average molecular weight is 338 g/mol. The van der Waals surface area contributed by atoms with Crippen LogP contribution >= 0.6 is 27.5 Å². The van der Waals surface area contributed by atoms with E-state index >= 15 is 0 Å². The number of benzene rings is 2. The van der Waals surface area contributed by atoms with Gasteiger partial charge in [0.2, 0.25) is 0 Å². The number of fused-ring (bicyclic) bond motifs is 1. The minimum atomic E-state index is 0.297. The fourth-order valence-electron chi connectivity index (χ4n) is 2.65. The van der Waals surface area contributed by atoms with Crippen molar-refractivity contribution in [2.45, 2.75) is 17.2 Å². The minimum Gasteiger partial charge on any atom is -0.495 e. The molecule has 0 aromatic heterocycles. The Bertz CT molecular complexity index is 611. The third kappa shape index (κ3) is 2.28. The summed E-state index contributed by atoms with van der Waals surface area (Å²) in [5.74, 6) is 1.25. The quantitative estimate of drug-likeness (QED) is 0.706. The molecule has 2 atom stereocenters. The molecule has 1 aliphatic rings. The second kappa shape index (κ2) is 5.18. The van der Waals surface area contributed by atoms with Gasteiger partial charge in [-0.3, -0.25) is 0 Å². The molecule has 2 aromatic carbocycles. The predicted octanol–water partition coefficient (Wildman–Crippen LogP) is 5.12. The summed E-state index contributed by atoms with van der Waals surface area (Å²) >= 11 is 10.0. The minimum absolute atomic E-state index is 0.297. The van der Waals surface area contributed by atoms with Crippen LogP contribution in [-0.4, -0.2) is 7.11 Å². The lowest BCUT2D eigenvalue weighted by Gasteiger charge is -2.34. The first-order valence-electron chi connectivity index (χ1n) is 6.26. The van der Waals surface area contributed by atoms with Crippen LogP contribution in [0.25, 0.3) is 0 Å². The fourth-order valence-corrected chi connectivity index (χ4v) is 3.67. The maximum absolute atomic E-state index is 6.19. The zero-order valence-corrected chi connectivity index (χ0v) is 12.9. The summed E-state index contributed by atoms with van der Waals surface area (Å²) in [6.45, 7) is 0. The monoisotopic (exact) mass is 336 g/mol. The number of rotatable bonds is 3. The Kier molecular flexibility index (Phi) is 3.55. The number of hydrogen-bond donors (Lipinski definition) is 0. The summed E-state index contributed by atoms with van der Waals surface area (Å²) < 4.78 is 5.19. The van der Waals surface area contributed by atoms with Gasteiger partial charge in [-0.05, 0) is 35.2 Å². The van der Waals surface area contributed by atoms with E-state index in [9.17, 15) is 0 Å². The maximum Gasteiger partial charge on any atom is 0.137 e. The van der Waals surface area contributed by atoms with E-state index < -0.39 is 0 Å². The first-order valence-corrected chi connectivity index (χ1v) is 7.55. The second-order valence-corrected chi connectivity index (χ2v) is 6.20. The highest BCUT2D eigenvalue weighted by molar-refractivity contribution is 9.09. The Balaban J connectivity index is 1.86. The number of ether oxygens (including phenoxy) is 1. The number of methoxy groups -OCH3 is 1. The van der Waals surface area contributed by atoms with Gasteiger partial charge in [-0.15, -0.1) is 0 Å². The molecular formula is C16H14BrClO. The van der Waals surface area contributed by atoms with Crippen LogP contribution in [0.2, 0.25) is 5.02 Å². The smallest absolute Gasteiger partial charge is 0.137 e. The van der Waals surface area contributed by atoms with Crippen molar-refractivity contribution in [1.29, 1.82) is 0 Å². The van der Waals surface area contributed by atoms with Gasteiger partial charge >= 0.3 is 0 Å². The number of alkyl halides is 1. The van der Waals surface area contributed by atoms with Crippen LogP contribution in [0, 0.1) is 0 Å². The molecule has 0 fully saturated rings. The lowest BCUT2D eigenvalue weighted by atomic mass is 9.74. The molecule has 2 unspecified atom stereocenters. The molecule has 98 valence electrons. The second-order valence-electron chi connectivity index (χ2n) is 4.81. The van der Waals surface area contributed by atoms with E-state index in [4.69, 9.17) is 16.3 Å². The van der Waals surface area contributed by atoms with Gasteiger partial charge in [0.05, 0.1) is 12.1 Å². The molecule has 0 heterocycles. The van der Waals surface area contributed by atoms with Gasteiger partial charge in [0.25, 0.3) is 0 Å². The van der Waals surface area contributed by atoms with E-state index in [0.717, 1.165) is 12.2 Å². The van der Waals surface area contributed by atoms with Crippen LogP contribution in [0.4, 0.5) is 0 Å². The SMILES string of the molecule is COc1ccc(C(Br)C2Cc3ccccc32)cc1Cl. The van der Waals surface area contributed by atoms with Crippen LogP contribution in [0.1, 0.15) is 27.4 Å². The van der Waals surface area contributed by atoms with Crippen molar-refractivity contribution in [1.82, 2.24) is 0 Å². The van der Waals surface area contributed by atoms with Gasteiger partial charge in [0, 0.05) is 10.7 Å². The van der Waals surface area contributed by atoms with E-state index in [0.29, 0.717) is 15.8 Å². The Morgan fingerprint density at radius 2 is 2.05 bits per heavy atom. The molecule has 0 N–H and O–H groups in total.